The average Bonchev–Trinajstić information content (AvgIpc) is 2.74. The van der Waals surface area contributed by atoms with Gasteiger partial charge in [-0.3, -0.25) is 0 Å². The maximum Gasteiger partial charge on any atom is 0.176 e. The van der Waals surface area contributed by atoms with Crippen LogP contribution in [0.5, 0.6) is 0 Å². The van der Waals surface area contributed by atoms with Crippen molar-refractivity contribution in [3.8, 4) is 12.1 Å². The number of nitriles is 2. The van der Waals surface area contributed by atoms with Crippen LogP contribution in [-0.2, 0) is 6.54 Å². The minimum atomic E-state index is 0.180. The van der Waals surface area contributed by atoms with E-state index in [1.165, 1.54) is 11.9 Å². The first-order valence-corrected chi connectivity index (χ1v) is 5.15. The fourth-order valence-electron chi connectivity index (χ4n) is 1.59. The van der Waals surface area contributed by atoms with Crippen molar-refractivity contribution in [1.29, 1.82) is 10.5 Å². The van der Waals surface area contributed by atoms with E-state index in [1.807, 2.05) is 43.3 Å². The minimum absolute atomic E-state index is 0.180. The Morgan fingerprint density at radius 3 is 2.47 bits per heavy atom. The minimum Gasteiger partial charge on any atom is -0.317 e. The fraction of sp³-hybridized carbons (Fsp3) is 0.154. The summed E-state index contributed by atoms with van der Waals surface area (Å²) < 4.78 is 1.68. The van der Waals surface area contributed by atoms with E-state index in [-0.39, 0.29) is 5.69 Å². The number of hydrogen-bond acceptors (Lipinski definition) is 3. The van der Waals surface area contributed by atoms with E-state index >= 15 is 0 Å². The molecule has 0 aliphatic heterocycles. The third-order valence-electron chi connectivity index (χ3n) is 2.52. The zero-order valence-electron chi connectivity index (χ0n) is 9.38. The molecule has 4 nitrogen and oxygen atoms in total. The lowest BCUT2D eigenvalue weighted by Gasteiger charge is -2.04. The van der Waals surface area contributed by atoms with E-state index in [0.717, 1.165) is 5.56 Å². The van der Waals surface area contributed by atoms with Crippen molar-refractivity contribution in [1.82, 2.24) is 9.55 Å². The Kier molecular flexibility index (Phi) is 2.89. The van der Waals surface area contributed by atoms with Crippen molar-refractivity contribution in [3.63, 3.8) is 0 Å². The standard InChI is InChI=1S/C13H10N4/c1-10-2-4-11(5-3-10)8-17-9-16-12(6-14)13(17)7-15/h2-5,9H,8H2,1H3. The lowest BCUT2D eigenvalue weighted by molar-refractivity contribution is 0.785. The Bertz CT molecular complexity index is 608. The molecule has 0 aliphatic rings. The maximum atomic E-state index is 8.98. The van der Waals surface area contributed by atoms with Gasteiger partial charge in [-0.05, 0) is 12.5 Å². The van der Waals surface area contributed by atoms with Crippen molar-refractivity contribution in [2.45, 2.75) is 13.5 Å². The van der Waals surface area contributed by atoms with E-state index < -0.39 is 0 Å². The Labute approximate surface area is 99.4 Å². The van der Waals surface area contributed by atoms with Gasteiger partial charge in [0.15, 0.2) is 11.4 Å². The summed E-state index contributed by atoms with van der Waals surface area (Å²) >= 11 is 0. The second-order valence-electron chi connectivity index (χ2n) is 3.78. The summed E-state index contributed by atoms with van der Waals surface area (Å²) in [6.45, 7) is 2.58. The second-order valence-corrected chi connectivity index (χ2v) is 3.78. The van der Waals surface area contributed by atoms with Crippen LogP contribution < -0.4 is 0 Å². The summed E-state index contributed by atoms with van der Waals surface area (Å²) in [5.74, 6) is 0. The summed E-state index contributed by atoms with van der Waals surface area (Å²) in [6.07, 6.45) is 1.52. The molecule has 0 saturated carbocycles. The van der Waals surface area contributed by atoms with Crippen LogP contribution in [0.15, 0.2) is 30.6 Å². The molecule has 0 fully saturated rings. The molecule has 2 rings (SSSR count). The van der Waals surface area contributed by atoms with Gasteiger partial charge in [0.2, 0.25) is 0 Å². The summed E-state index contributed by atoms with van der Waals surface area (Å²) in [5, 5.41) is 17.8. The molecule has 0 bridgehead atoms. The molecule has 1 aromatic heterocycles. The van der Waals surface area contributed by atoms with Gasteiger partial charge in [-0.15, -0.1) is 0 Å². The van der Waals surface area contributed by atoms with Gasteiger partial charge in [0, 0.05) is 6.54 Å². The number of benzene rings is 1. The van der Waals surface area contributed by atoms with Crippen LogP contribution in [0.3, 0.4) is 0 Å². The van der Waals surface area contributed by atoms with Crippen LogP contribution in [0.4, 0.5) is 0 Å². The molecule has 17 heavy (non-hydrogen) atoms. The molecule has 0 spiro atoms. The average molecular weight is 222 g/mol. The number of hydrogen-bond donors (Lipinski definition) is 0. The number of imidazole rings is 1. The number of aryl methyl sites for hydroxylation is 1. The number of nitrogens with zero attached hydrogens (tertiary/aromatic N) is 4. The van der Waals surface area contributed by atoms with Gasteiger partial charge in [0.05, 0.1) is 6.33 Å². The monoisotopic (exact) mass is 222 g/mol. The molecular formula is C13H10N4. The second kappa shape index (κ2) is 4.51. The molecule has 0 aliphatic carbocycles. The Morgan fingerprint density at radius 1 is 1.18 bits per heavy atom. The van der Waals surface area contributed by atoms with Crippen LogP contribution >= 0.6 is 0 Å². The predicted molar refractivity (Wildman–Crippen MR) is 61.9 cm³/mol. The number of aromatic nitrogens is 2. The number of rotatable bonds is 2. The molecule has 0 radical (unpaired) electrons. The quantitative estimate of drug-likeness (QED) is 0.780. The maximum absolute atomic E-state index is 8.98. The van der Waals surface area contributed by atoms with E-state index in [9.17, 15) is 0 Å². The van der Waals surface area contributed by atoms with Crippen molar-refractivity contribution in [2.24, 2.45) is 0 Å². The van der Waals surface area contributed by atoms with Crippen LogP contribution in [-0.4, -0.2) is 9.55 Å². The van der Waals surface area contributed by atoms with Crippen LogP contribution in [0.2, 0.25) is 0 Å². The highest BCUT2D eigenvalue weighted by Gasteiger charge is 2.09. The summed E-state index contributed by atoms with van der Waals surface area (Å²) in [4.78, 5) is 3.90. The normalized spacial score (nSPS) is 9.59. The van der Waals surface area contributed by atoms with Crippen LogP contribution in [0, 0.1) is 29.6 Å². The molecule has 0 atom stereocenters. The molecule has 82 valence electrons. The van der Waals surface area contributed by atoms with E-state index in [4.69, 9.17) is 10.5 Å². The van der Waals surface area contributed by atoms with Gasteiger partial charge < -0.3 is 4.57 Å². The van der Waals surface area contributed by atoms with Crippen LogP contribution in [0.25, 0.3) is 0 Å². The van der Waals surface area contributed by atoms with Gasteiger partial charge in [0.1, 0.15) is 12.1 Å². The lowest BCUT2D eigenvalue weighted by atomic mass is 10.1. The molecule has 0 unspecified atom stereocenters. The molecule has 4 heteroatoms. The van der Waals surface area contributed by atoms with E-state index in [0.29, 0.717) is 12.2 Å². The fourth-order valence-corrected chi connectivity index (χ4v) is 1.59. The van der Waals surface area contributed by atoms with Crippen molar-refractivity contribution < 1.29 is 0 Å². The first kappa shape index (κ1) is 10.9. The zero-order valence-corrected chi connectivity index (χ0v) is 9.38. The van der Waals surface area contributed by atoms with Gasteiger partial charge in [0.25, 0.3) is 0 Å². The molecule has 1 aromatic carbocycles. The lowest BCUT2D eigenvalue weighted by Crippen LogP contribution is -2.01. The van der Waals surface area contributed by atoms with E-state index in [1.54, 1.807) is 4.57 Å². The Morgan fingerprint density at radius 2 is 1.88 bits per heavy atom. The molecular weight excluding hydrogens is 212 g/mol. The molecule has 0 saturated heterocycles. The summed E-state index contributed by atoms with van der Waals surface area (Å²) in [5.41, 5.74) is 2.76. The highest BCUT2D eigenvalue weighted by molar-refractivity contribution is 5.36. The van der Waals surface area contributed by atoms with Crippen molar-refractivity contribution in [3.05, 3.63) is 53.1 Å². The Hall–Kier alpha value is -2.59. The van der Waals surface area contributed by atoms with Crippen LogP contribution in [0.1, 0.15) is 22.5 Å². The largest absolute Gasteiger partial charge is 0.317 e. The predicted octanol–water partition coefficient (Wildman–Crippen LogP) is 1.98. The molecule has 1 heterocycles. The first-order valence-electron chi connectivity index (χ1n) is 5.15. The molecule has 0 amide bonds. The SMILES string of the molecule is Cc1ccc(Cn2cnc(C#N)c2C#N)cc1. The smallest absolute Gasteiger partial charge is 0.176 e. The van der Waals surface area contributed by atoms with Gasteiger partial charge in [-0.1, -0.05) is 29.8 Å². The van der Waals surface area contributed by atoms with Gasteiger partial charge in [-0.2, -0.15) is 10.5 Å². The molecule has 2 aromatic rings. The van der Waals surface area contributed by atoms with Gasteiger partial charge in [-0.25, -0.2) is 4.98 Å². The highest BCUT2D eigenvalue weighted by Crippen LogP contribution is 2.10. The third kappa shape index (κ3) is 2.16. The van der Waals surface area contributed by atoms with Crippen molar-refractivity contribution >= 4 is 0 Å². The summed E-state index contributed by atoms with van der Waals surface area (Å²) in [6, 6.07) is 12.0. The topological polar surface area (TPSA) is 65.4 Å². The first-order chi connectivity index (χ1) is 8.24. The van der Waals surface area contributed by atoms with E-state index in [2.05, 4.69) is 4.98 Å². The summed E-state index contributed by atoms with van der Waals surface area (Å²) in [7, 11) is 0. The Balaban J connectivity index is 2.31. The van der Waals surface area contributed by atoms with Gasteiger partial charge >= 0.3 is 0 Å². The molecule has 0 N–H and O–H groups in total. The third-order valence-corrected chi connectivity index (χ3v) is 2.52. The van der Waals surface area contributed by atoms with Crippen molar-refractivity contribution in [2.75, 3.05) is 0 Å². The zero-order chi connectivity index (χ0) is 12.3. The highest BCUT2D eigenvalue weighted by atomic mass is 15.1.